The Kier molecular flexibility index (Phi) is 5.09. The number of halogens is 3. The average Bonchev–Trinajstić information content (AvgIpc) is 2.99. The van der Waals surface area contributed by atoms with Crippen molar-refractivity contribution >= 4 is 46.5 Å². The van der Waals surface area contributed by atoms with Gasteiger partial charge in [-0.25, -0.2) is 0 Å². The standard InChI is InChI=1S/C17H12Cl3N3O/c18-13-4-1-11(2-5-13)10-23-8-7-16(22-23)21-17(24)12-3-6-14(19)15(20)9-12/h1-9H,10H2,(H,21,22,24). The summed E-state index contributed by atoms with van der Waals surface area (Å²) >= 11 is 17.6. The molecule has 1 aromatic heterocycles. The minimum absolute atomic E-state index is 0.301. The molecule has 0 aliphatic rings. The Morgan fingerprint density at radius 2 is 1.75 bits per heavy atom. The first kappa shape index (κ1) is 16.8. The number of carbonyl (C=O) groups excluding carboxylic acids is 1. The van der Waals surface area contributed by atoms with E-state index in [2.05, 4.69) is 10.4 Å². The number of rotatable bonds is 4. The monoisotopic (exact) mass is 379 g/mol. The molecule has 0 radical (unpaired) electrons. The summed E-state index contributed by atoms with van der Waals surface area (Å²) in [7, 11) is 0. The molecule has 4 nitrogen and oxygen atoms in total. The Morgan fingerprint density at radius 3 is 2.46 bits per heavy atom. The zero-order valence-corrected chi connectivity index (χ0v) is 14.6. The summed E-state index contributed by atoms with van der Waals surface area (Å²) in [6.45, 7) is 0.583. The number of aromatic nitrogens is 2. The van der Waals surface area contributed by atoms with Gasteiger partial charge in [-0.15, -0.1) is 0 Å². The van der Waals surface area contributed by atoms with E-state index in [1.807, 2.05) is 24.3 Å². The van der Waals surface area contributed by atoms with E-state index >= 15 is 0 Å². The third-order valence-electron chi connectivity index (χ3n) is 3.32. The van der Waals surface area contributed by atoms with Crippen molar-refractivity contribution in [3.63, 3.8) is 0 Å². The predicted octanol–water partition coefficient (Wildman–Crippen LogP) is 5.14. The van der Waals surface area contributed by atoms with Gasteiger partial charge in [0.05, 0.1) is 16.6 Å². The number of benzene rings is 2. The van der Waals surface area contributed by atoms with Gasteiger partial charge in [-0.05, 0) is 35.9 Å². The lowest BCUT2D eigenvalue weighted by atomic mass is 10.2. The molecule has 1 heterocycles. The zero-order chi connectivity index (χ0) is 17.1. The summed E-state index contributed by atoms with van der Waals surface area (Å²) in [5.41, 5.74) is 1.47. The molecule has 0 spiro atoms. The van der Waals surface area contributed by atoms with Crippen molar-refractivity contribution in [2.24, 2.45) is 0 Å². The molecule has 0 aliphatic heterocycles. The quantitative estimate of drug-likeness (QED) is 0.681. The van der Waals surface area contributed by atoms with Crippen LogP contribution < -0.4 is 5.32 Å². The molecule has 2 aromatic carbocycles. The molecule has 1 N–H and O–H groups in total. The van der Waals surface area contributed by atoms with Gasteiger partial charge in [-0.1, -0.05) is 46.9 Å². The molecule has 24 heavy (non-hydrogen) atoms. The SMILES string of the molecule is O=C(Nc1ccn(Cc2ccc(Cl)cc2)n1)c1ccc(Cl)c(Cl)c1. The minimum Gasteiger partial charge on any atom is -0.305 e. The Labute approximate surface area is 154 Å². The lowest BCUT2D eigenvalue weighted by Crippen LogP contribution is -2.12. The smallest absolute Gasteiger partial charge is 0.256 e. The third kappa shape index (κ3) is 4.09. The van der Waals surface area contributed by atoms with E-state index < -0.39 is 0 Å². The number of amides is 1. The van der Waals surface area contributed by atoms with Crippen LogP contribution >= 0.6 is 34.8 Å². The third-order valence-corrected chi connectivity index (χ3v) is 4.31. The van der Waals surface area contributed by atoms with Crippen LogP contribution in [0.15, 0.2) is 54.7 Å². The van der Waals surface area contributed by atoms with Crippen LogP contribution in [0, 0.1) is 0 Å². The van der Waals surface area contributed by atoms with E-state index in [0.29, 0.717) is 33.0 Å². The lowest BCUT2D eigenvalue weighted by Gasteiger charge is -2.04. The van der Waals surface area contributed by atoms with Crippen molar-refractivity contribution < 1.29 is 4.79 Å². The largest absolute Gasteiger partial charge is 0.305 e. The zero-order valence-electron chi connectivity index (χ0n) is 12.3. The molecule has 3 aromatic rings. The lowest BCUT2D eigenvalue weighted by molar-refractivity contribution is 0.102. The molecule has 0 aliphatic carbocycles. The van der Waals surface area contributed by atoms with Gasteiger partial charge in [0.2, 0.25) is 0 Å². The van der Waals surface area contributed by atoms with Crippen LogP contribution in [0.1, 0.15) is 15.9 Å². The molecule has 0 saturated heterocycles. The van der Waals surface area contributed by atoms with Crippen molar-refractivity contribution in [2.75, 3.05) is 5.32 Å². The Morgan fingerprint density at radius 1 is 1.00 bits per heavy atom. The van der Waals surface area contributed by atoms with Gasteiger partial charge >= 0.3 is 0 Å². The fraction of sp³-hybridized carbons (Fsp3) is 0.0588. The molecule has 0 bridgehead atoms. The second-order valence-corrected chi connectivity index (χ2v) is 6.36. The number of anilines is 1. The van der Waals surface area contributed by atoms with Crippen LogP contribution in [0.2, 0.25) is 15.1 Å². The Bertz CT molecular complexity index is 875. The summed E-state index contributed by atoms with van der Waals surface area (Å²) < 4.78 is 1.73. The molecule has 3 rings (SSSR count). The molecular formula is C17H12Cl3N3O. The van der Waals surface area contributed by atoms with Crippen LogP contribution in [0.25, 0.3) is 0 Å². The van der Waals surface area contributed by atoms with Crippen LogP contribution in [0.5, 0.6) is 0 Å². The first-order chi connectivity index (χ1) is 11.5. The fourth-order valence-electron chi connectivity index (χ4n) is 2.12. The number of nitrogens with zero attached hydrogens (tertiary/aromatic N) is 2. The first-order valence-electron chi connectivity index (χ1n) is 7.05. The summed E-state index contributed by atoms with van der Waals surface area (Å²) in [6, 6.07) is 13.9. The molecule has 7 heteroatoms. The number of hydrogen-bond acceptors (Lipinski definition) is 2. The second-order valence-electron chi connectivity index (χ2n) is 5.11. The summed E-state index contributed by atoms with van der Waals surface area (Å²) in [6.07, 6.45) is 1.79. The Balaban J connectivity index is 1.68. The topological polar surface area (TPSA) is 46.9 Å². The number of nitrogens with one attached hydrogen (secondary N) is 1. The van der Waals surface area contributed by atoms with Crippen LogP contribution in [0.4, 0.5) is 5.82 Å². The highest BCUT2D eigenvalue weighted by atomic mass is 35.5. The van der Waals surface area contributed by atoms with Gasteiger partial charge in [0.1, 0.15) is 0 Å². The predicted molar refractivity (Wildman–Crippen MR) is 97.2 cm³/mol. The first-order valence-corrected chi connectivity index (χ1v) is 8.19. The van der Waals surface area contributed by atoms with Crippen LogP contribution in [-0.4, -0.2) is 15.7 Å². The summed E-state index contributed by atoms with van der Waals surface area (Å²) in [5.74, 6) is 0.158. The van der Waals surface area contributed by atoms with Gasteiger partial charge in [0, 0.05) is 22.8 Å². The van der Waals surface area contributed by atoms with Crippen molar-refractivity contribution in [1.82, 2.24) is 9.78 Å². The van der Waals surface area contributed by atoms with E-state index in [9.17, 15) is 4.79 Å². The molecule has 0 fully saturated rings. The van der Waals surface area contributed by atoms with Gasteiger partial charge in [0.25, 0.3) is 5.91 Å². The molecule has 1 amide bonds. The second kappa shape index (κ2) is 7.26. The molecule has 122 valence electrons. The summed E-state index contributed by atoms with van der Waals surface area (Å²) in [4.78, 5) is 12.2. The molecule has 0 atom stereocenters. The highest BCUT2D eigenvalue weighted by Crippen LogP contribution is 2.23. The highest BCUT2D eigenvalue weighted by Gasteiger charge is 2.10. The van der Waals surface area contributed by atoms with Crippen LogP contribution in [-0.2, 0) is 6.54 Å². The minimum atomic E-state index is -0.301. The van der Waals surface area contributed by atoms with Gasteiger partial charge in [0.15, 0.2) is 5.82 Å². The normalized spacial score (nSPS) is 10.6. The van der Waals surface area contributed by atoms with Crippen molar-refractivity contribution in [3.8, 4) is 0 Å². The van der Waals surface area contributed by atoms with E-state index in [1.54, 1.807) is 29.1 Å². The van der Waals surface area contributed by atoms with Gasteiger partial charge in [-0.2, -0.15) is 5.10 Å². The van der Waals surface area contributed by atoms with E-state index in [1.165, 1.54) is 6.07 Å². The molecule has 0 saturated carbocycles. The fourth-order valence-corrected chi connectivity index (χ4v) is 2.54. The van der Waals surface area contributed by atoms with Crippen molar-refractivity contribution in [1.29, 1.82) is 0 Å². The summed E-state index contributed by atoms with van der Waals surface area (Å²) in [5, 5.41) is 8.48. The number of hydrogen-bond donors (Lipinski definition) is 1. The average molecular weight is 381 g/mol. The maximum absolute atomic E-state index is 12.2. The van der Waals surface area contributed by atoms with Gasteiger partial charge in [-0.3, -0.25) is 9.48 Å². The van der Waals surface area contributed by atoms with Gasteiger partial charge < -0.3 is 5.32 Å². The maximum atomic E-state index is 12.2. The van der Waals surface area contributed by atoms with Crippen molar-refractivity contribution in [3.05, 3.63) is 80.9 Å². The van der Waals surface area contributed by atoms with E-state index in [0.717, 1.165) is 5.56 Å². The van der Waals surface area contributed by atoms with E-state index in [4.69, 9.17) is 34.8 Å². The van der Waals surface area contributed by atoms with Crippen molar-refractivity contribution in [2.45, 2.75) is 6.54 Å². The highest BCUT2D eigenvalue weighted by molar-refractivity contribution is 6.42. The van der Waals surface area contributed by atoms with E-state index in [-0.39, 0.29) is 5.91 Å². The van der Waals surface area contributed by atoms with Crippen LogP contribution in [0.3, 0.4) is 0 Å². The maximum Gasteiger partial charge on any atom is 0.256 e. The Hall–Kier alpha value is -2.01. The number of carbonyl (C=O) groups is 1. The molecular weight excluding hydrogens is 369 g/mol. The molecule has 0 unspecified atom stereocenters.